The summed E-state index contributed by atoms with van der Waals surface area (Å²) in [6.45, 7) is 0.252. The molecule has 3 rings (SSSR count). The molecule has 0 fully saturated rings. The maximum absolute atomic E-state index is 13.5. The van der Waals surface area contributed by atoms with E-state index in [4.69, 9.17) is 9.15 Å². The molecule has 4 heteroatoms. The number of carbonyl (C=O) groups is 1. The molecular weight excluding hydrogens is 271 g/mol. The van der Waals surface area contributed by atoms with Crippen LogP contribution in [0.4, 0.5) is 4.39 Å². The molecule has 0 aliphatic carbocycles. The van der Waals surface area contributed by atoms with E-state index in [-0.39, 0.29) is 30.2 Å². The van der Waals surface area contributed by atoms with Crippen molar-refractivity contribution in [3.8, 4) is 5.75 Å². The molecular formula is C17H13FO3. The molecule has 0 atom stereocenters. The highest BCUT2D eigenvalue weighted by Crippen LogP contribution is 2.23. The maximum Gasteiger partial charge on any atom is 0.201 e. The van der Waals surface area contributed by atoms with Gasteiger partial charge in [0.25, 0.3) is 0 Å². The van der Waals surface area contributed by atoms with Crippen molar-refractivity contribution >= 4 is 16.8 Å². The summed E-state index contributed by atoms with van der Waals surface area (Å²) in [5.74, 6) is 0.196. The number of benzene rings is 2. The number of ether oxygens (including phenoxy) is 1. The normalized spacial score (nSPS) is 10.7. The summed E-state index contributed by atoms with van der Waals surface area (Å²) >= 11 is 0. The molecule has 106 valence electrons. The summed E-state index contributed by atoms with van der Waals surface area (Å²) in [7, 11) is 0. The Morgan fingerprint density at radius 3 is 2.67 bits per heavy atom. The van der Waals surface area contributed by atoms with E-state index in [2.05, 4.69) is 0 Å². The van der Waals surface area contributed by atoms with Gasteiger partial charge in [-0.1, -0.05) is 30.3 Å². The topological polar surface area (TPSA) is 39.4 Å². The zero-order chi connectivity index (χ0) is 14.7. The Hall–Kier alpha value is -2.62. The van der Waals surface area contributed by atoms with Crippen molar-refractivity contribution in [3.63, 3.8) is 0 Å². The van der Waals surface area contributed by atoms with Crippen LogP contribution in [0, 0.1) is 5.82 Å². The molecule has 0 spiro atoms. The van der Waals surface area contributed by atoms with Gasteiger partial charge < -0.3 is 9.15 Å². The SMILES string of the molecule is O=C(CCOc1ccccc1)c1cc2cccc(F)c2o1. The zero-order valence-electron chi connectivity index (χ0n) is 11.2. The lowest BCUT2D eigenvalue weighted by molar-refractivity contribution is 0.0937. The number of para-hydroxylation sites is 2. The molecule has 1 aromatic heterocycles. The van der Waals surface area contributed by atoms with Crippen molar-refractivity contribution in [1.29, 1.82) is 0 Å². The summed E-state index contributed by atoms with van der Waals surface area (Å²) in [6, 6.07) is 15.4. The van der Waals surface area contributed by atoms with E-state index in [9.17, 15) is 9.18 Å². The molecule has 0 aliphatic rings. The van der Waals surface area contributed by atoms with Gasteiger partial charge in [-0.2, -0.15) is 0 Å². The zero-order valence-corrected chi connectivity index (χ0v) is 11.2. The van der Waals surface area contributed by atoms with Crippen molar-refractivity contribution in [1.82, 2.24) is 0 Å². The fourth-order valence-corrected chi connectivity index (χ4v) is 2.07. The monoisotopic (exact) mass is 284 g/mol. The molecule has 2 aromatic carbocycles. The van der Waals surface area contributed by atoms with Gasteiger partial charge in [0.05, 0.1) is 6.61 Å². The number of fused-ring (bicyclic) bond motifs is 1. The summed E-state index contributed by atoms with van der Waals surface area (Å²) in [5, 5.41) is 0.585. The van der Waals surface area contributed by atoms with Crippen LogP contribution in [-0.2, 0) is 0 Å². The Morgan fingerprint density at radius 1 is 1.10 bits per heavy atom. The van der Waals surface area contributed by atoms with E-state index in [0.29, 0.717) is 11.1 Å². The number of furan rings is 1. The van der Waals surface area contributed by atoms with Gasteiger partial charge in [0.15, 0.2) is 17.2 Å². The van der Waals surface area contributed by atoms with Gasteiger partial charge in [-0.05, 0) is 24.3 Å². The summed E-state index contributed by atoms with van der Waals surface area (Å²) in [4.78, 5) is 12.0. The first-order valence-corrected chi connectivity index (χ1v) is 6.63. The minimum Gasteiger partial charge on any atom is -0.493 e. The van der Waals surface area contributed by atoms with Crippen LogP contribution < -0.4 is 4.74 Å². The van der Waals surface area contributed by atoms with E-state index < -0.39 is 5.82 Å². The van der Waals surface area contributed by atoms with Crippen molar-refractivity contribution in [2.45, 2.75) is 6.42 Å². The molecule has 0 N–H and O–H groups in total. The molecule has 0 saturated heterocycles. The Labute approximate surface area is 120 Å². The van der Waals surface area contributed by atoms with Crippen LogP contribution in [0.5, 0.6) is 5.75 Å². The minimum absolute atomic E-state index is 0.116. The number of carbonyl (C=O) groups excluding carboxylic acids is 1. The lowest BCUT2D eigenvalue weighted by atomic mass is 10.2. The quantitative estimate of drug-likeness (QED) is 0.658. The minimum atomic E-state index is -0.466. The predicted molar refractivity (Wildman–Crippen MR) is 77.1 cm³/mol. The number of rotatable bonds is 5. The van der Waals surface area contributed by atoms with Crippen LogP contribution in [0.15, 0.2) is 59.0 Å². The first kappa shape index (κ1) is 13.4. The maximum atomic E-state index is 13.5. The molecule has 0 unspecified atom stereocenters. The van der Waals surface area contributed by atoms with Gasteiger partial charge in [0.1, 0.15) is 5.75 Å². The Kier molecular flexibility index (Phi) is 3.69. The third-order valence-electron chi connectivity index (χ3n) is 3.11. The second kappa shape index (κ2) is 5.79. The van der Waals surface area contributed by atoms with Crippen LogP contribution >= 0.6 is 0 Å². The summed E-state index contributed by atoms with van der Waals surface area (Å²) < 4.78 is 24.2. The van der Waals surface area contributed by atoms with Gasteiger partial charge in [0, 0.05) is 11.8 Å². The van der Waals surface area contributed by atoms with Crippen molar-refractivity contribution < 1.29 is 18.3 Å². The van der Waals surface area contributed by atoms with E-state index in [0.717, 1.165) is 0 Å². The average Bonchev–Trinajstić information content (AvgIpc) is 2.94. The smallest absolute Gasteiger partial charge is 0.201 e. The van der Waals surface area contributed by atoms with E-state index in [1.165, 1.54) is 6.07 Å². The fourth-order valence-electron chi connectivity index (χ4n) is 2.07. The molecule has 0 amide bonds. The number of ketones is 1. The third kappa shape index (κ3) is 2.94. The average molecular weight is 284 g/mol. The van der Waals surface area contributed by atoms with Crippen molar-refractivity contribution in [2.75, 3.05) is 6.61 Å². The molecule has 3 aromatic rings. The Bertz CT molecular complexity index is 762. The molecule has 0 bridgehead atoms. The van der Waals surface area contributed by atoms with Gasteiger partial charge in [0.2, 0.25) is 5.78 Å². The van der Waals surface area contributed by atoms with Gasteiger partial charge >= 0.3 is 0 Å². The van der Waals surface area contributed by atoms with Crippen molar-refractivity contribution in [2.24, 2.45) is 0 Å². The largest absolute Gasteiger partial charge is 0.493 e. The van der Waals surface area contributed by atoms with Gasteiger partial charge in [-0.25, -0.2) is 4.39 Å². The summed E-state index contributed by atoms with van der Waals surface area (Å²) in [5.41, 5.74) is 0.116. The number of hydrogen-bond acceptors (Lipinski definition) is 3. The lowest BCUT2D eigenvalue weighted by Gasteiger charge is -2.03. The van der Waals surface area contributed by atoms with Gasteiger partial charge in [-0.3, -0.25) is 4.79 Å². The number of halogens is 1. The van der Waals surface area contributed by atoms with Gasteiger partial charge in [-0.15, -0.1) is 0 Å². The molecule has 0 radical (unpaired) electrons. The van der Waals surface area contributed by atoms with Crippen LogP contribution in [0.1, 0.15) is 17.0 Å². The molecule has 0 saturated carbocycles. The highest BCUT2D eigenvalue weighted by molar-refractivity contribution is 5.97. The predicted octanol–water partition coefficient (Wildman–Crippen LogP) is 4.22. The summed E-state index contributed by atoms with van der Waals surface area (Å²) in [6.07, 6.45) is 0.177. The van der Waals surface area contributed by atoms with E-state index in [1.54, 1.807) is 18.2 Å². The second-order valence-corrected chi connectivity index (χ2v) is 4.60. The third-order valence-corrected chi connectivity index (χ3v) is 3.11. The van der Waals surface area contributed by atoms with E-state index in [1.807, 2.05) is 30.3 Å². The van der Waals surface area contributed by atoms with Crippen LogP contribution in [0.2, 0.25) is 0 Å². The van der Waals surface area contributed by atoms with Crippen molar-refractivity contribution in [3.05, 3.63) is 66.2 Å². The second-order valence-electron chi connectivity index (χ2n) is 4.60. The Balaban J connectivity index is 1.65. The fraction of sp³-hybridized carbons (Fsp3) is 0.118. The molecule has 1 heterocycles. The lowest BCUT2D eigenvalue weighted by Crippen LogP contribution is -2.05. The van der Waals surface area contributed by atoms with Crippen LogP contribution in [0.3, 0.4) is 0 Å². The highest BCUT2D eigenvalue weighted by atomic mass is 19.1. The first-order valence-electron chi connectivity index (χ1n) is 6.63. The highest BCUT2D eigenvalue weighted by Gasteiger charge is 2.14. The molecule has 3 nitrogen and oxygen atoms in total. The first-order chi connectivity index (χ1) is 10.2. The van der Waals surface area contributed by atoms with Crippen LogP contribution in [-0.4, -0.2) is 12.4 Å². The Morgan fingerprint density at radius 2 is 1.90 bits per heavy atom. The van der Waals surface area contributed by atoms with E-state index >= 15 is 0 Å². The number of hydrogen-bond donors (Lipinski definition) is 0. The molecule has 21 heavy (non-hydrogen) atoms. The molecule has 0 aliphatic heterocycles. The standard InChI is InChI=1S/C17H13FO3/c18-14-8-4-5-12-11-16(21-17(12)14)15(19)9-10-20-13-6-2-1-3-7-13/h1-8,11H,9-10H2. The van der Waals surface area contributed by atoms with Crippen LogP contribution in [0.25, 0.3) is 11.0 Å². The number of Topliss-reactive ketones (excluding diaryl/α,β-unsaturated/α-hetero) is 1.